The molecule has 0 fully saturated rings. The highest BCUT2D eigenvalue weighted by atomic mass is 16.1. The van der Waals surface area contributed by atoms with E-state index in [1.807, 2.05) is 75.6 Å². The number of nitrogens with one attached hydrogen (secondary N) is 1. The number of aryl methyl sites for hydroxylation is 2. The maximum absolute atomic E-state index is 13.0. The Bertz CT molecular complexity index is 1230. The van der Waals surface area contributed by atoms with Crippen molar-refractivity contribution in [1.29, 1.82) is 0 Å². The van der Waals surface area contributed by atoms with Crippen molar-refractivity contribution >= 4 is 16.8 Å². The maximum Gasteiger partial charge on any atom is 0.252 e. The number of nitrogens with two attached hydrogens (primary N) is 1. The third-order valence-corrected chi connectivity index (χ3v) is 5.35. The first-order valence-electron chi connectivity index (χ1n) is 9.95. The molecule has 30 heavy (non-hydrogen) atoms. The van der Waals surface area contributed by atoms with Crippen LogP contribution in [0.3, 0.4) is 0 Å². The molecule has 2 heterocycles. The number of nitrogens with zero attached hydrogens (tertiary/aromatic N) is 3. The molecule has 4 aromatic rings. The summed E-state index contributed by atoms with van der Waals surface area (Å²) in [5.74, 6) is -0.112. The Morgan fingerprint density at radius 2 is 2.00 bits per heavy atom. The summed E-state index contributed by atoms with van der Waals surface area (Å²) in [4.78, 5) is 17.8. The molecule has 0 radical (unpaired) electrons. The maximum atomic E-state index is 13.0. The van der Waals surface area contributed by atoms with Crippen LogP contribution in [0.5, 0.6) is 0 Å². The molecule has 0 unspecified atom stereocenters. The van der Waals surface area contributed by atoms with Crippen molar-refractivity contribution in [3.05, 3.63) is 83.2 Å². The van der Waals surface area contributed by atoms with Crippen LogP contribution < -0.4 is 11.1 Å². The molecule has 0 aliphatic rings. The van der Waals surface area contributed by atoms with Gasteiger partial charge in [0.15, 0.2) is 0 Å². The van der Waals surface area contributed by atoms with Crippen molar-refractivity contribution in [2.75, 3.05) is 0 Å². The number of aromatic nitrogens is 3. The third-order valence-electron chi connectivity index (χ3n) is 5.35. The number of para-hydroxylation sites is 1. The van der Waals surface area contributed by atoms with E-state index in [0.717, 1.165) is 38.9 Å². The second-order valence-electron chi connectivity index (χ2n) is 7.57. The lowest BCUT2D eigenvalue weighted by molar-refractivity contribution is 0.0939. The zero-order valence-corrected chi connectivity index (χ0v) is 17.4. The van der Waals surface area contributed by atoms with Crippen LogP contribution >= 0.6 is 0 Å². The van der Waals surface area contributed by atoms with Gasteiger partial charge in [-0.1, -0.05) is 30.3 Å². The van der Waals surface area contributed by atoms with Gasteiger partial charge in [-0.25, -0.2) is 4.98 Å². The smallest absolute Gasteiger partial charge is 0.252 e. The highest BCUT2D eigenvalue weighted by Crippen LogP contribution is 2.29. The highest BCUT2D eigenvalue weighted by molar-refractivity contribution is 5.96. The second kappa shape index (κ2) is 8.08. The molecule has 0 saturated carbocycles. The van der Waals surface area contributed by atoms with Gasteiger partial charge < -0.3 is 11.1 Å². The summed E-state index contributed by atoms with van der Waals surface area (Å²) in [7, 11) is 1.88. The Balaban J connectivity index is 1.72. The molecule has 6 heteroatoms. The van der Waals surface area contributed by atoms with Crippen LogP contribution in [0.2, 0.25) is 0 Å². The summed E-state index contributed by atoms with van der Waals surface area (Å²) in [6.45, 7) is 4.33. The Kier molecular flexibility index (Phi) is 5.33. The molecule has 2 aromatic heterocycles. The molecule has 152 valence electrons. The van der Waals surface area contributed by atoms with Gasteiger partial charge in [0.25, 0.3) is 5.91 Å². The summed E-state index contributed by atoms with van der Waals surface area (Å²) >= 11 is 0. The minimum absolute atomic E-state index is 0.112. The van der Waals surface area contributed by atoms with Gasteiger partial charge in [-0.15, -0.1) is 0 Å². The molecule has 0 spiro atoms. The number of hydrogen-bond donors (Lipinski definition) is 2. The third kappa shape index (κ3) is 3.82. The van der Waals surface area contributed by atoms with Gasteiger partial charge in [-0.05, 0) is 48.7 Å². The zero-order valence-electron chi connectivity index (χ0n) is 17.4. The molecule has 3 N–H and O–H groups in total. The van der Waals surface area contributed by atoms with E-state index in [9.17, 15) is 4.79 Å². The van der Waals surface area contributed by atoms with Crippen LogP contribution in [0.25, 0.3) is 22.2 Å². The summed E-state index contributed by atoms with van der Waals surface area (Å²) in [5, 5.41) is 8.43. The molecular weight excluding hydrogens is 374 g/mol. The normalized spacial score (nSPS) is 12.1. The first-order valence-corrected chi connectivity index (χ1v) is 9.95. The minimum atomic E-state index is -0.207. The lowest BCUT2D eigenvalue weighted by Gasteiger charge is -2.18. The molecule has 1 amide bonds. The summed E-state index contributed by atoms with van der Waals surface area (Å²) in [6.07, 6.45) is 3.73. The first kappa shape index (κ1) is 19.8. The van der Waals surface area contributed by atoms with E-state index in [0.29, 0.717) is 12.1 Å². The standard InChI is InChI=1S/C24H25N5O/c1-15-8-9-17(12-25)10-20(15)24(30)27-16(2)21-11-23(18-13-26-29(3)14-18)28-22-7-5-4-6-19(21)22/h4-11,13-14,16H,12,25H2,1-3H3,(H,27,30)/t16-/m1/s1. The number of rotatable bonds is 5. The number of carbonyl (C=O) groups is 1. The van der Waals surface area contributed by atoms with Gasteiger partial charge >= 0.3 is 0 Å². The minimum Gasteiger partial charge on any atom is -0.345 e. The fourth-order valence-electron chi connectivity index (χ4n) is 3.65. The molecule has 1 atom stereocenters. The topological polar surface area (TPSA) is 85.8 Å². The largest absolute Gasteiger partial charge is 0.345 e. The molecule has 0 bridgehead atoms. The quantitative estimate of drug-likeness (QED) is 0.533. The Hall–Kier alpha value is -3.51. The lowest BCUT2D eigenvalue weighted by atomic mass is 9.99. The molecule has 2 aromatic carbocycles. The second-order valence-corrected chi connectivity index (χ2v) is 7.57. The van der Waals surface area contributed by atoms with Crippen LogP contribution in [-0.4, -0.2) is 20.7 Å². The number of benzene rings is 2. The number of carbonyl (C=O) groups excluding carboxylic acids is 1. The molecule has 0 aliphatic heterocycles. The molecule has 6 nitrogen and oxygen atoms in total. The van der Waals surface area contributed by atoms with Crippen LogP contribution in [0.15, 0.2) is 60.9 Å². The van der Waals surface area contributed by atoms with E-state index in [1.165, 1.54) is 0 Å². The number of hydrogen-bond acceptors (Lipinski definition) is 4. The van der Waals surface area contributed by atoms with Crippen LogP contribution in [0.1, 0.15) is 40.0 Å². The molecular formula is C24H25N5O. The van der Waals surface area contributed by atoms with Crippen molar-refractivity contribution in [3.8, 4) is 11.3 Å². The molecule has 0 aliphatic carbocycles. The lowest BCUT2D eigenvalue weighted by Crippen LogP contribution is -2.27. The predicted molar refractivity (Wildman–Crippen MR) is 119 cm³/mol. The van der Waals surface area contributed by atoms with Gasteiger partial charge in [-0.3, -0.25) is 9.48 Å². The average molecular weight is 399 g/mol. The Morgan fingerprint density at radius 1 is 1.20 bits per heavy atom. The van der Waals surface area contributed by atoms with E-state index in [2.05, 4.69) is 10.4 Å². The monoisotopic (exact) mass is 399 g/mol. The van der Waals surface area contributed by atoms with Crippen LogP contribution in [0, 0.1) is 6.92 Å². The number of pyridine rings is 1. The summed E-state index contributed by atoms with van der Waals surface area (Å²) < 4.78 is 1.75. The molecule has 4 rings (SSSR count). The van der Waals surface area contributed by atoms with E-state index < -0.39 is 0 Å². The van der Waals surface area contributed by atoms with Gasteiger partial charge in [0, 0.05) is 36.3 Å². The van der Waals surface area contributed by atoms with Crippen molar-refractivity contribution in [3.63, 3.8) is 0 Å². The van der Waals surface area contributed by atoms with Crippen molar-refractivity contribution in [2.45, 2.75) is 26.4 Å². The van der Waals surface area contributed by atoms with Crippen LogP contribution in [-0.2, 0) is 13.6 Å². The van der Waals surface area contributed by atoms with Gasteiger partial charge in [0.05, 0.1) is 23.4 Å². The van der Waals surface area contributed by atoms with Gasteiger partial charge in [0.2, 0.25) is 0 Å². The summed E-state index contributed by atoms with van der Waals surface area (Å²) in [6, 6.07) is 15.6. The Morgan fingerprint density at radius 3 is 2.73 bits per heavy atom. The Labute approximate surface area is 175 Å². The SMILES string of the molecule is Cc1ccc(CN)cc1C(=O)N[C@H](C)c1cc(-c2cnn(C)c2)nc2ccccc12. The van der Waals surface area contributed by atoms with Gasteiger partial charge in [-0.2, -0.15) is 5.10 Å². The van der Waals surface area contributed by atoms with E-state index >= 15 is 0 Å². The first-order chi connectivity index (χ1) is 14.5. The van der Waals surface area contributed by atoms with Crippen molar-refractivity contribution in [2.24, 2.45) is 12.8 Å². The average Bonchev–Trinajstić information content (AvgIpc) is 3.19. The van der Waals surface area contributed by atoms with Crippen molar-refractivity contribution in [1.82, 2.24) is 20.1 Å². The summed E-state index contributed by atoms with van der Waals surface area (Å²) in [5.41, 5.74) is 11.9. The van der Waals surface area contributed by atoms with Crippen LogP contribution in [0.4, 0.5) is 0 Å². The zero-order chi connectivity index (χ0) is 21.3. The fraction of sp³-hybridized carbons (Fsp3) is 0.208. The number of fused-ring (bicyclic) bond motifs is 1. The predicted octanol–water partition coefficient (Wildman–Crippen LogP) is 3.89. The highest BCUT2D eigenvalue weighted by Gasteiger charge is 2.18. The van der Waals surface area contributed by atoms with E-state index in [-0.39, 0.29) is 11.9 Å². The van der Waals surface area contributed by atoms with E-state index in [1.54, 1.807) is 10.9 Å². The molecule has 0 saturated heterocycles. The van der Waals surface area contributed by atoms with Crippen molar-refractivity contribution < 1.29 is 4.79 Å². The van der Waals surface area contributed by atoms with Gasteiger partial charge in [0.1, 0.15) is 0 Å². The van der Waals surface area contributed by atoms with E-state index in [4.69, 9.17) is 10.7 Å². The number of amides is 1. The fourth-order valence-corrected chi connectivity index (χ4v) is 3.65.